The molecule has 3 heteroatoms. The fourth-order valence-electron chi connectivity index (χ4n) is 1.29. The molecule has 1 aromatic rings. The van der Waals surface area contributed by atoms with Crippen LogP contribution in [0.2, 0.25) is 0 Å². The van der Waals surface area contributed by atoms with Gasteiger partial charge in [0.15, 0.2) is 0 Å². The smallest absolute Gasteiger partial charge is 0.103 e. The lowest BCUT2D eigenvalue weighted by Crippen LogP contribution is -2.28. The average molecular weight is 250 g/mol. The van der Waals surface area contributed by atoms with Gasteiger partial charge in [-0.3, -0.25) is 0 Å². The average Bonchev–Trinajstić information content (AvgIpc) is 2.27. The number of hydrogen-bond donors (Lipinski definition) is 2. The fraction of sp³-hybridized carbons (Fsp3) is 0.500. The summed E-state index contributed by atoms with van der Waals surface area (Å²) in [6.07, 6.45) is 0. The molecule has 0 fully saturated rings. The number of nitrogens with one attached hydrogen (secondary N) is 1. The second-order valence-electron chi connectivity index (χ2n) is 5.44. The van der Waals surface area contributed by atoms with Crippen LogP contribution in [0.4, 0.5) is 5.69 Å². The minimum atomic E-state index is 0.280. The Morgan fingerprint density at radius 2 is 1.82 bits per heavy atom. The molecule has 0 unspecified atom stereocenters. The van der Waals surface area contributed by atoms with Crippen molar-refractivity contribution < 1.29 is 0 Å². The van der Waals surface area contributed by atoms with Crippen LogP contribution >= 0.6 is 12.2 Å². The molecule has 0 heterocycles. The highest BCUT2D eigenvalue weighted by Gasteiger charge is 2.21. The molecule has 1 aromatic carbocycles. The molecule has 0 spiro atoms. The molecule has 0 amide bonds. The van der Waals surface area contributed by atoms with Gasteiger partial charge >= 0.3 is 0 Å². The Morgan fingerprint density at radius 1 is 1.29 bits per heavy atom. The number of hydrogen-bond acceptors (Lipinski definition) is 2. The minimum Gasteiger partial charge on any atom is -0.389 e. The zero-order valence-electron chi connectivity index (χ0n) is 11.1. The lowest BCUT2D eigenvalue weighted by Gasteiger charge is -2.29. The summed E-state index contributed by atoms with van der Waals surface area (Å²) in [7, 11) is 0. The summed E-state index contributed by atoms with van der Waals surface area (Å²) >= 11 is 4.92. The highest BCUT2D eigenvalue weighted by atomic mass is 32.1. The molecule has 0 saturated heterocycles. The van der Waals surface area contributed by atoms with E-state index in [1.165, 1.54) is 0 Å². The molecule has 0 aromatic heterocycles. The predicted octanol–water partition coefficient (Wildman–Crippen LogP) is 3.41. The summed E-state index contributed by atoms with van der Waals surface area (Å²) in [5, 5.41) is 3.45. The third kappa shape index (κ3) is 4.00. The van der Waals surface area contributed by atoms with Crippen molar-refractivity contribution in [1.82, 2.24) is 0 Å². The third-order valence-electron chi connectivity index (χ3n) is 3.48. The fourth-order valence-corrected chi connectivity index (χ4v) is 1.42. The Morgan fingerprint density at radius 3 is 2.24 bits per heavy atom. The number of anilines is 1. The molecule has 2 nitrogen and oxygen atoms in total. The van der Waals surface area contributed by atoms with Crippen molar-refractivity contribution in [3.8, 4) is 0 Å². The molecule has 0 aliphatic carbocycles. The van der Waals surface area contributed by atoms with E-state index in [4.69, 9.17) is 18.0 Å². The number of benzene rings is 1. The number of thiocarbonyl (C=S) groups is 1. The van der Waals surface area contributed by atoms with Crippen molar-refractivity contribution in [2.24, 2.45) is 17.1 Å². The van der Waals surface area contributed by atoms with Crippen molar-refractivity contribution in [3.05, 3.63) is 29.8 Å². The van der Waals surface area contributed by atoms with E-state index in [0.29, 0.717) is 10.9 Å². The molecule has 17 heavy (non-hydrogen) atoms. The van der Waals surface area contributed by atoms with Crippen molar-refractivity contribution in [1.29, 1.82) is 0 Å². The Hall–Kier alpha value is -1.09. The van der Waals surface area contributed by atoms with Crippen LogP contribution in [0.5, 0.6) is 0 Å². The van der Waals surface area contributed by atoms with Crippen LogP contribution in [-0.4, -0.2) is 11.5 Å². The van der Waals surface area contributed by atoms with Gasteiger partial charge < -0.3 is 11.1 Å². The molecule has 1 rings (SSSR count). The molecule has 0 atom stereocenters. The van der Waals surface area contributed by atoms with Crippen LogP contribution in [0.25, 0.3) is 0 Å². The monoisotopic (exact) mass is 250 g/mol. The maximum atomic E-state index is 5.56. The summed E-state index contributed by atoms with van der Waals surface area (Å²) in [4.78, 5) is 0.444. The summed E-state index contributed by atoms with van der Waals surface area (Å²) < 4.78 is 0. The molecular weight excluding hydrogens is 228 g/mol. The van der Waals surface area contributed by atoms with Gasteiger partial charge in [0.05, 0.1) is 0 Å². The topological polar surface area (TPSA) is 38.0 Å². The largest absolute Gasteiger partial charge is 0.389 e. The Kier molecular flexibility index (Phi) is 4.52. The molecular formula is C14H22N2S. The van der Waals surface area contributed by atoms with E-state index < -0.39 is 0 Å². The first-order valence-electron chi connectivity index (χ1n) is 5.96. The molecule has 0 aliphatic rings. The number of nitrogens with two attached hydrogens (primary N) is 1. The number of rotatable bonds is 5. The highest BCUT2D eigenvalue weighted by molar-refractivity contribution is 7.80. The van der Waals surface area contributed by atoms with Gasteiger partial charge in [0.25, 0.3) is 0 Å². The van der Waals surface area contributed by atoms with Crippen LogP contribution in [0.15, 0.2) is 24.3 Å². The van der Waals surface area contributed by atoms with Gasteiger partial charge in [-0.25, -0.2) is 0 Å². The second kappa shape index (κ2) is 5.50. The van der Waals surface area contributed by atoms with E-state index in [-0.39, 0.29) is 5.41 Å². The van der Waals surface area contributed by atoms with Crippen molar-refractivity contribution >= 4 is 22.9 Å². The quantitative estimate of drug-likeness (QED) is 0.786. The zero-order valence-corrected chi connectivity index (χ0v) is 11.9. The first-order valence-corrected chi connectivity index (χ1v) is 6.37. The maximum Gasteiger partial charge on any atom is 0.103 e. The Balaban J connectivity index is 2.62. The van der Waals surface area contributed by atoms with E-state index in [0.717, 1.165) is 17.8 Å². The summed E-state index contributed by atoms with van der Waals surface area (Å²) in [5.74, 6) is 0.644. The van der Waals surface area contributed by atoms with E-state index in [9.17, 15) is 0 Å². The van der Waals surface area contributed by atoms with Gasteiger partial charge in [0, 0.05) is 17.8 Å². The summed E-state index contributed by atoms with van der Waals surface area (Å²) in [5.41, 5.74) is 7.86. The van der Waals surface area contributed by atoms with Crippen LogP contribution in [-0.2, 0) is 0 Å². The normalized spacial score (nSPS) is 11.6. The molecule has 0 bridgehead atoms. The third-order valence-corrected chi connectivity index (χ3v) is 3.72. The Labute approximate surface area is 110 Å². The first kappa shape index (κ1) is 14.0. The predicted molar refractivity (Wildman–Crippen MR) is 79.4 cm³/mol. The van der Waals surface area contributed by atoms with Gasteiger partial charge in [-0.1, -0.05) is 39.9 Å². The van der Waals surface area contributed by atoms with Crippen LogP contribution in [0.3, 0.4) is 0 Å². The van der Waals surface area contributed by atoms with E-state index >= 15 is 0 Å². The van der Waals surface area contributed by atoms with E-state index in [1.54, 1.807) is 0 Å². The molecule has 0 saturated carbocycles. The van der Waals surface area contributed by atoms with Crippen molar-refractivity contribution in [3.63, 3.8) is 0 Å². The second-order valence-corrected chi connectivity index (χ2v) is 5.88. The van der Waals surface area contributed by atoms with Gasteiger partial charge in [-0.05, 0) is 35.6 Å². The lowest BCUT2D eigenvalue weighted by molar-refractivity contribution is 0.269. The van der Waals surface area contributed by atoms with Crippen LogP contribution < -0.4 is 11.1 Å². The molecule has 3 N–H and O–H groups in total. The van der Waals surface area contributed by atoms with Gasteiger partial charge in [-0.2, -0.15) is 0 Å². The maximum absolute atomic E-state index is 5.56. The standard InChI is InChI=1S/C14H22N2S/c1-10(2)14(3,4)9-16-12-7-5-11(6-8-12)13(15)17/h5-8,10,16H,9H2,1-4H3,(H2,15,17). The van der Waals surface area contributed by atoms with Gasteiger partial charge in [0.1, 0.15) is 4.99 Å². The van der Waals surface area contributed by atoms with E-state index in [2.05, 4.69) is 33.0 Å². The van der Waals surface area contributed by atoms with Crippen LogP contribution in [0, 0.1) is 11.3 Å². The SMILES string of the molecule is CC(C)C(C)(C)CNc1ccc(C(N)=S)cc1. The summed E-state index contributed by atoms with van der Waals surface area (Å²) in [6, 6.07) is 7.94. The first-order chi connectivity index (χ1) is 7.83. The van der Waals surface area contributed by atoms with Crippen LogP contribution in [0.1, 0.15) is 33.3 Å². The molecule has 0 radical (unpaired) electrons. The van der Waals surface area contributed by atoms with Crippen molar-refractivity contribution in [2.45, 2.75) is 27.7 Å². The zero-order chi connectivity index (χ0) is 13.1. The summed E-state index contributed by atoms with van der Waals surface area (Å²) in [6.45, 7) is 9.99. The van der Waals surface area contributed by atoms with Gasteiger partial charge in [0.2, 0.25) is 0 Å². The Bertz CT molecular complexity index is 380. The van der Waals surface area contributed by atoms with E-state index in [1.807, 2.05) is 24.3 Å². The molecule has 0 aliphatic heterocycles. The highest BCUT2D eigenvalue weighted by Crippen LogP contribution is 2.26. The lowest BCUT2D eigenvalue weighted by atomic mass is 9.81. The minimum absolute atomic E-state index is 0.280. The molecule has 94 valence electrons. The van der Waals surface area contributed by atoms with Crippen molar-refractivity contribution in [2.75, 3.05) is 11.9 Å². The van der Waals surface area contributed by atoms with Gasteiger partial charge in [-0.15, -0.1) is 0 Å².